The lowest BCUT2D eigenvalue weighted by atomic mass is 9.99. The van der Waals surface area contributed by atoms with Crippen molar-refractivity contribution in [2.24, 2.45) is 0 Å². The lowest BCUT2D eigenvalue weighted by Crippen LogP contribution is -2.50. The van der Waals surface area contributed by atoms with Gasteiger partial charge in [0.2, 0.25) is 5.91 Å². The van der Waals surface area contributed by atoms with E-state index in [4.69, 9.17) is 5.11 Å². The summed E-state index contributed by atoms with van der Waals surface area (Å²) in [6, 6.07) is 3.70. The second-order valence-electron chi connectivity index (χ2n) is 5.66. The summed E-state index contributed by atoms with van der Waals surface area (Å²) in [6.45, 7) is 2.09. The number of nitro groups is 1. The van der Waals surface area contributed by atoms with Crippen LogP contribution in [0.3, 0.4) is 0 Å². The molecule has 1 saturated heterocycles. The Morgan fingerprint density at radius 3 is 2.50 bits per heavy atom. The average Bonchev–Trinajstić information content (AvgIpc) is 2.97. The predicted octanol–water partition coefficient (Wildman–Crippen LogP) is 0.291. The number of carboxylic acids is 1. The van der Waals surface area contributed by atoms with Gasteiger partial charge < -0.3 is 10.4 Å². The molecule has 2 rings (SSSR count). The van der Waals surface area contributed by atoms with Gasteiger partial charge in [-0.05, 0) is 24.1 Å². The van der Waals surface area contributed by atoms with E-state index in [-0.39, 0.29) is 12.1 Å². The highest BCUT2D eigenvalue weighted by molar-refractivity contribution is 5.87. The minimum absolute atomic E-state index is 0.155. The topological polar surface area (TPSA) is 134 Å². The largest absolute Gasteiger partial charge is 0.478 e. The van der Waals surface area contributed by atoms with Crippen molar-refractivity contribution in [3.8, 4) is 0 Å². The number of carbonyl (C=O) groups excluding carboxylic acids is 1. The maximum atomic E-state index is 12.2. The van der Waals surface area contributed by atoms with Crippen molar-refractivity contribution < 1.29 is 19.6 Å². The van der Waals surface area contributed by atoms with Gasteiger partial charge in [-0.25, -0.2) is 15.6 Å². The minimum Gasteiger partial charge on any atom is -0.478 e. The van der Waals surface area contributed by atoms with Crippen LogP contribution in [0.5, 0.6) is 0 Å². The summed E-state index contributed by atoms with van der Waals surface area (Å²) in [5, 5.41) is 22.7. The summed E-state index contributed by atoms with van der Waals surface area (Å²) in [5.41, 5.74) is 6.39. The summed E-state index contributed by atoms with van der Waals surface area (Å²) < 4.78 is 0. The fourth-order valence-corrected chi connectivity index (χ4v) is 2.71. The maximum absolute atomic E-state index is 12.2. The highest BCUT2D eigenvalue weighted by atomic mass is 16.6. The third-order valence-corrected chi connectivity index (χ3v) is 3.97. The molecule has 1 aliphatic rings. The van der Waals surface area contributed by atoms with Gasteiger partial charge in [0.25, 0.3) is 6.04 Å². The molecule has 9 nitrogen and oxygen atoms in total. The maximum Gasteiger partial charge on any atom is 0.335 e. The number of hydrogen-bond donors (Lipinski definition) is 4. The Labute approximate surface area is 138 Å². The Bertz CT molecular complexity index is 619. The highest BCUT2D eigenvalue weighted by Gasteiger charge is 2.48. The number of amides is 1. The van der Waals surface area contributed by atoms with Crippen molar-refractivity contribution >= 4 is 11.9 Å². The van der Waals surface area contributed by atoms with Crippen LogP contribution >= 0.6 is 0 Å². The summed E-state index contributed by atoms with van der Waals surface area (Å²) >= 11 is 0. The molecule has 3 atom stereocenters. The molecular weight excluding hydrogens is 316 g/mol. The Kier molecular flexibility index (Phi) is 5.83. The molecule has 0 bridgehead atoms. The van der Waals surface area contributed by atoms with Crippen molar-refractivity contribution in [1.82, 2.24) is 16.2 Å². The van der Waals surface area contributed by atoms with Gasteiger partial charge in [-0.3, -0.25) is 14.9 Å². The number of hydrogen-bond acceptors (Lipinski definition) is 6. The monoisotopic (exact) mass is 336 g/mol. The van der Waals surface area contributed by atoms with Gasteiger partial charge in [-0.1, -0.05) is 25.5 Å². The number of hydrazine groups is 1. The number of nitrogens with one attached hydrogen (secondary N) is 3. The first kappa shape index (κ1) is 17.8. The average molecular weight is 336 g/mol. The summed E-state index contributed by atoms with van der Waals surface area (Å²) in [5.74, 6) is -1.49. The van der Waals surface area contributed by atoms with E-state index in [0.717, 1.165) is 6.42 Å². The van der Waals surface area contributed by atoms with Crippen molar-refractivity contribution in [2.75, 3.05) is 0 Å². The number of aromatic carboxylic acids is 1. The smallest absolute Gasteiger partial charge is 0.335 e. The first-order valence-corrected chi connectivity index (χ1v) is 7.68. The first-order valence-electron chi connectivity index (χ1n) is 7.68. The summed E-state index contributed by atoms with van der Waals surface area (Å²) in [7, 11) is 0. The van der Waals surface area contributed by atoms with Gasteiger partial charge >= 0.3 is 5.97 Å². The normalized spacial score (nSPS) is 23.0. The number of carbonyl (C=O) groups is 2. The van der Waals surface area contributed by atoms with E-state index in [9.17, 15) is 19.7 Å². The van der Waals surface area contributed by atoms with E-state index in [2.05, 4.69) is 16.2 Å². The lowest BCUT2D eigenvalue weighted by Gasteiger charge is -2.15. The predicted molar refractivity (Wildman–Crippen MR) is 84.8 cm³/mol. The number of nitrogens with zero attached hydrogens (tertiary/aromatic N) is 1. The van der Waals surface area contributed by atoms with E-state index >= 15 is 0 Å². The zero-order chi connectivity index (χ0) is 17.7. The third-order valence-electron chi connectivity index (χ3n) is 3.97. The van der Waals surface area contributed by atoms with Crippen LogP contribution in [-0.2, 0) is 11.3 Å². The molecule has 24 heavy (non-hydrogen) atoms. The van der Waals surface area contributed by atoms with Crippen LogP contribution in [0.1, 0.15) is 35.7 Å². The van der Waals surface area contributed by atoms with Crippen LogP contribution in [0.15, 0.2) is 24.3 Å². The molecule has 0 radical (unpaired) electrons. The third kappa shape index (κ3) is 4.06. The molecule has 0 spiro atoms. The van der Waals surface area contributed by atoms with Crippen molar-refractivity contribution in [1.29, 1.82) is 0 Å². The van der Waals surface area contributed by atoms with Gasteiger partial charge in [0.15, 0.2) is 6.04 Å². The molecule has 1 amide bonds. The van der Waals surface area contributed by atoms with E-state index in [0.29, 0.717) is 12.0 Å². The van der Waals surface area contributed by atoms with E-state index < -0.39 is 34.9 Å². The summed E-state index contributed by atoms with van der Waals surface area (Å²) in [4.78, 5) is 33.9. The Balaban J connectivity index is 1.96. The SMILES string of the molecule is CCCC1NNC(C(=O)NCc2ccc(C(=O)O)cc2)C1[N+](=O)[O-]. The van der Waals surface area contributed by atoms with E-state index in [1.807, 2.05) is 6.92 Å². The Morgan fingerprint density at radius 1 is 1.29 bits per heavy atom. The Morgan fingerprint density at radius 2 is 1.96 bits per heavy atom. The molecule has 0 aromatic heterocycles. The Hall–Kier alpha value is -2.52. The van der Waals surface area contributed by atoms with E-state index in [1.54, 1.807) is 12.1 Å². The second kappa shape index (κ2) is 7.84. The molecule has 1 aliphatic heterocycles. The van der Waals surface area contributed by atoms with Crippen molar-refractivity contribution in [3.05, 3.63) is 45.5 Å². The summed E-state index contributed by atoms with van der Waals surface area (Å²) in [6.07, 6.45) is 1.37. The number of carboxylic acid groups (broad SMARTS) is 1. The number of rotatable bonds is 7. The van der Waals surface area contributed by atoms with Crippen molar-refractivity contribution in [2.45, 2.75) is 44.4 Å². The van der Waals surface area contributed by atoms with Gasteiger partial charge in [0.05, 0.1) is 11.6 Å². The van der Waals surface area contributed by atoms with Crippen LogP contribution in [0.4, 0.5) is 0 Å². The zero-order valence-corrected chi connectivity index (χ0v) is 13.2. The second-order valence-corrected chi connectivity index (χ2v) is 5.66. The molecule has 0 saturated carbocycles. The quantitative estimate of drug-likeness (QED) is 0.415. The standard InChI is InChI=1S/C15H20N4O5/c1-2-3-11-13(19(23)24)12(18-17-11)14(20)16-8-9-4-6-10(7-5-9)15(21)22/h4-7,11-13,17-18H,2-3,8H2,1H3,(H,16,20)(H,21,22). The van der Waals surface area contributed by atoms with Crippen LogP contribution in [0.25, 0.3) is 0 Å². The van der Waals surface area contributed by atoms with Gasteiger partial charge in [-0.15, -0.1) is 0 Å². The fourth-order valence-electron chi connectivity index (χ4n) is 2.71. The van der Waals surface area contributed by atoms with Crippen LogP contribution in [0.2, 0.25) is 0 Å². The molecule has 0 aliphatic carbocycles. The molecular formula is C15H20N4O5. The van der Waals surface area contributed by atoms with E-state index in [1.165, 1.54) is 12.1 Å². The van der Waals surface area contributed by atoms with Crippen LogP contribution in [0, 0.1) is 10.1 Å². The molecule has 1 aromatic carbocycles. The minimum atomic E-state index is -1.03. The lowest BCUT2D eigenvalue weighted by molar-refractivity contribution is -0.523. The van der Waals surface area contributed by atoms with Gasteiger partial charge in [-0.2, -0.15) is 0 Å². The van der Waals surface area contributed by atoms with Gasteiger partial charge in [0.1, 0.15) is 0 Å². The molecule has 4 N–H and O–H groups in total. The number of benzene rings is 1. The molecule has 130 valence electrons. The van der Waals surface area contributed by atoms with Crippen molar-refractivity contribution in [3.63, 3.8) is 0 Å². The molecule has 1 heterocycles. The molecule has 3 unspecified atom stereocenters. The molecule has 1 aromatic rings. The fraction of sp³-hybridized carbons (Fsp3) is 0.467. The van der Waals surface area contributed by atoms with Gasteiger partial charge in [0, 0.05) is 11.5 Å². The first-order chi connectivity index (χ1) is 11.4. The highest BCUT2D eigenvalue weighted by Crippen LogP contribution is 2.15. The molecule has 9 heteroatoms. The zero-order valence-electron chi connectivity index (χ0n) is 13.2. The van der Waals surface area contributed by atoms with Crippen LogP contribution < -0.4 is 16.2 Å². The molecule has 1 fully saturated rings. The van der Waals surface area contributed by atoms with Crippen LogP contribution in [-0.4, -0.2) is 40.0 Å².